The van der Waals surface area contributed by atoms with Crippen molar-refractivity contribution in [1.29, 1.82) is 0 Å². The van der Waals surface area contributed by atoms with Crippen molar-refractivity contribution < 1.29 is 35.5 Å². The van der Waals surface area contributed by atoms with Crippen LogP contribution in [-0.4, -0.2) is 0 Å². The van der Waals surface area contributed by atoms with E-state index in [2.05, 4.69) is 11.7 Å². The molecule has 1 saturated carbocycles. The van der Waals surface area contributed by atoms with E-state index in [1.54, 1.807) is 12.1 Å². The van der Waals surface area contributed by atoms with Gasteiger partial charge >= 0.3 is 12.3 Å². The van der Waals surface area contributed by atoms with Crippen LogP contribution in [0.1, 0.15) is 55.2 Å². The van der Waals surface area contributed by atoms with Crippen LogP contribution in [0.3, 0.4) is 0 Å². The molecule has 8 heteroatoms. The first kappa shape index (κ1) is 21.5. The number of hydrogen-bond acceptors (Lipinski definition) is 1. The number of halogens is 7. The summed E-state index contributed by atoms with van der Waals surface area (Å²) in [5.74, 6) is -4.15. The number of benzene rings is 2. The summed E-state index contributed by atoms with van der Waals surface area (Å²) in [5, 5.41) is 0. The zero-order valence-corrected chi connectivity index (χ0v) is 15.5. The molecule has 0 aromatic heterocycles. The molecule has 1 fully saturated rings. The molecule has 0 bridgehead atoms. The Hall–Kier alpha value is -2.25. The molecule has 158 valence electrons. The Kier molecular flexibility index (Phi) is 5.83. The summed E-state index contributed by atoms with van der Waals surface area (Å²) in [6.45, 7) is 2.17. The monoisotopic (exact) mass is 420 g/mol. The Morgan fingerprint density at radius 3 is 1.83 bits per heavy atom. The zero-order valence-electron chi connectivity index (χ0n) is 15.5. The van der Waals surface area contributed by atoms with Crippen molar-refractivity contribution in [3.63, 3.8) is 0 Å². The molecule has 0 radical (unpaired) electrons. The fourth-order valence-corrected chi connectivity index (χ4v) is 3.63. The molecule has 0 atom stereocenters. The summed E-state index contributed by atoms with van der Waals surface area (Å²) >= 11 is 0. The predicted molar refractivity (Wildman–Crippen MR) is 92.7 cm³/mol. The minimum Gasteiger partial charge on any atom is -0.429 e. The summed E-state index contributed by atoms with van der Waals surface area (Å²) in [6.07, 6.45) is -5.19. The lowest BCUT2D eigenvalue weighted by Gasteiger charge is -2.27. The minimum absolute atomic E-state index is 0.0946. The van der Waals surface area contributed by atoms with Gasteiger partial charge in [-0.2, -0.15) is 22.0 Å². The smallest absolute Gasteiger partial charge is 0.426 e. The quantitative estimate of drug-likeness (QED) is 0.468. The lowest BCUT2D eigenvalue weighted by atomic mass is 9.79. The normalized spacial score (nSPS) is 20.6. The molecule has 0 spiro atoms. The van der Waals surface area contributed by atoms with Gasteiger partial charge in [-0.15, -0.1) is 0 Å². The van der Waals surface area contributed by atoms with Gasteiger partial charge in [0.2, 0.25) is 0 Å². The van der Waals surface area contributed by atoms with Crippen LogP contribution in [0, 0.1) is 17.6 Å². The number of alkyl halides is 5. The molecule has 0 saturated heterocycles. The van der Waals surface area contributed by atoms with Crippen molar-refractivity contribution in [2.75, 3.05) is 0 Å². The Bertz CT molecular complexity index is 827. The first-order valence-corrected chi connectivity index (χ1v) is 9.21. The highest BCUT2D eigenvalue weighted by Crippen LogP contribution is 2.39. The van der Waals surface area contributed by atoms with E-state index < -0.39 is 40.8 Å². The van der Waals surface area contributed by atoms with E-state index in [1.807, 2.05) is 0 Å². The third-order valence-electron chi connectivity index (χ3n) is 5.28. The second kappa shape index (κ2) is 7.88. The van der Waals surface area contributed by atoms with Crippen molar-refractivity contribution >= 4 is 0 Å². The average Bonchev–Trinajstić information content (AvgIpc) is 2.60. The van der Waals surface area contributed by atoms with Crippen LogP contribution < -0.4 is 4.74 Å². The fraction of sp³-hybridized carbons (Fsp3) is 0.429. The highest BCUT2D eigenvalue weighted by Gasteiger charge is 2.40. The average molecular weight is 420 g/mol. The molecule has 1 aliphatic rings. The molecule has 0 amide bonds. The van der Waals surface area contributed by atoms with Gasteiger partial charge in [0.25, 0.3) is 0 Å². The van der Waals surface area contributed by atoms with Gasteiger partial charge < -0.3 is 4.74 Å². The number of hydrogen-bond donors (Lipinski definition) is 0. The molecule has 0 N–H and O–H groups in total. The fourth-order valence-electron chi connectivity index (χ4n) is 3.63. The second-order valence-electron chi connectivity index (χ2n) is 7.46. The van der Waals surface area contributed by atoms with Crippen LogP contribution in [-0.2, 0) is 12.3 Å². The number of rotatable bonds is 4. The summed E-state index contributed by atoms with van der Waals surface area (Å²) in [7, 11) is 0. The van der Waals surface area contributed by atoms with E-state index in [4.69, 9.17) is 0 Å². The Labute approximate surface area is 163 Å². The summed E-state index contributed by atoms with van der Waals surface area (Å²) < 4.78 is 98.0. The van der Waals surface area contributed by atoms with E-state index >= 15 is 0 Å². The maximum Gasteiger partial charge on any atom is 0.426 e. The minimum atomic E-state index is -5.29. The van der Waals surface area contributed by atoms with Gasteiger partial charge in [-0.3, -0.25) is 0 Å². The molecule has 1 aliphatic carbocycles. The van der Waals surface area contributed by atoms with Gasteiger partial charge in [0.05, 0.1) is 5.56 Å². The second-order valence-corrected chi connectivity index (χ2v) is 7.46. The van der Waals surface area contributed by atoms with E-state index in [9.17, 15) is 30.7 Å². The summed E-state index contributed by atoms with van der Waals surface area (Å²) in [5.41, 5.74) is -1.80. The van der Waals surface area contributed by atoms with E-state index in [-0.39, 0.29) is 18.1 Å². The van der Waals surface area contributed by atoms with Crippen LogP contribution in [0.5, 0.6) is 5.75 Å². The molecular weight excluding hydrogens is 401 g/mol. The van der Waals surface area contributed by atoms with Crippen LogP contribution in [0.25, 0.3) is 0 Å². The van der Waals surface area contributed by atoms with Crippen LogP contribution in [0.15, 0.2) is 36.4 Å². The van der Waals surface area contributed by atoms with Gasteiger partial charge in [-0.25, -0.2) is 8.78 Å². The van der Waals surface area contributed by atoms with Crippen molar-refractivity contribution in [2.24, 2.45) is 5.92 Å². The van der Waals surface area contributed by atoms with Gasteiger partial charge in [0.15, 0.2) is 0 Å². The molecule has 1 nitrogen and oxygen atoms in total. The lowest BCUT2D eigenvalue weighted by Crippen LogP contribution is -2.22. The van der Waals surface area contributed by atoms with E-state index in [1.165, 1.54) is 0 Å². The number of ether oxygens (including phenoxy) is 1. The zero-order chi connectivity index (χ0) is 21.4. The Balaban J connectivity index is 1.77. The van der Waals surface area contributed by atoms with E-state index in [0.717, 1.165) is 43.4 Å². The van der Waals surface area contributed by atoms with E-state index in [0.29, 0.717) is 5.92 Å². The van der Waals surface area contributed by atoms with Crippen LogP contribution >= 0.6 is 0 Å². The van der Waals surface area contributed by atoms with Crippen molar-refractivity contribution in [1.82, 2.24) is 0 Å². The van der Waals surface area contributed by atoms with Crippen molar-refractivity contribution in [3.8, 4) is 5.75 Å². The maximum absolute atomic E-state index is 14.4. The third kappa shape index (κ3) is 4.85. The van der Waals surface area contributed by atoms with Gasteiger partial charge in [-0.1, -0.05) is 31.9 Å². The maximum atomic E-state index is 14.4. The predicted octanol–water partition coefficient (Wildman–Crippen LogP) is 7.41. The first-order chi connectivity index (χ1) is 13.5. The molecule has 29 heavy (non-hydrogen) atoms. The largest absolute Gasteiger partial charge is 0.429 e. The SMILES string of the molecule is CC1CCC(c2ccc(C(F)(F)Oc3cc(F)c(C(F)(F)F)c(F)c3)cc2)CC1. The van der Waals surface area contributed by atoms with Gasteiger partial charge in [-0.05, 0) is 42.4 Å². The molecule has 2 aromatic carbocycles. The first-order valence-electron chi connectivity index (χ1n) is 9.21. The molecule has 0 unspecified atom stereocenters. The summed E-state index contributed by atoms with van der Waals surface area (Å²) in [4.78, 5) is 0. The highest BCUT2D eigenvalue weighted by atomic mass is 19.4. The summed E-state index contributed by atoms with van der Waals surface area (Å²) in [6, 6.07) is 5.62. The molecule has 2 aromatic rings. The van der Waals surface area contributed by atoms with Gasteiger partial charge in [0.1, 0.15) is 22.9 Å². The molecule has 3 rings (SSSR count). The molecular formula is C21H19F7O. The molecule has 0 heterocycles. The lowest BCUT2D eigenvalue weighted by molar-refractivity contribution is -0.185. The third-order valence-corrected chi connectivity index (χ3v) is 5.28. The van der Waals surface area contributed by atoms with Crippen LogP contribution in [0.4, 0.5) is 30.7 Å². The molecule has 0 aliphatic heterocycles. The topological polar surface area (TPSA) is 9.23 Å². The standard InChI is InChI=1S/C21H19F7O/c1-12-2-4-13(5-3-12)14-6-8-15(9-7-14)21(27,28)29-16-10-17(22)19(18(23)11-16)20(24,25)26/h6-13H,2-5H2,1H3. The van der Waals surface area contributed by atoms with Crippen LogP contribution in [0.2, 0.25) is 0 Å². The van der Waals surface area contributed by atoms with Crippen molar-refractivity contribution in [3.05, 3.63) is 64.7 Å². The van der Waals surface area contributed by atoms with Crippen molar-refractivity contribution in [2.45, 2.75) is 50.8 Å². The highest BCUT2D eigenvalue weighted by molar-refractivity contribution is 5.34. The Morgan fingerprint density at radius 1 is 0.828 bits per heavy atom. The Morgan fingerprint density at radius 2 is 1.34 bits per heavy atom. The van der Waals surface area contributed by atoms with Gasteiger partial charge in [0, 0.05) is 12.1 Å².